The van der Waals surface area contributed by atoms with Crippen LogP contribution in [0, 0.1) is 0 Å². The summed E-state index contributed by atoms with van der Waals surface area (Å²) in [6.07, 6.45) is 1.87. The van der Waals surface area contributed by atoms with Gasteiger partial charge in [-0.2, -0.15) is 17.5 Å². The zero-order chi connectivity index (χ0) is 33.7. The van der Waals surface area contributed by atoms with E-state index in [1.165, 1.54) is 17.1 Å². The quantitative estimate of drug-likeness (QED) is 0.333. The molecule has 7 rings (SSSR count). The van der Waals surface area contributed by atoms with Gasteiger partial charge in [0.1, 0.15) is 11.8 Å². The zero-order valence-electron chi connectivity index (χ0n) is 27.0. The number of nitrogens with zero attached hydrogens (tertiary/aromatic N) is 3. The van der Waals surface area contributed by atoms with Crippen molar-refractivity contribution in [3.63, 3.8) is 0 Å². The highest BCUT2D eigenvalue weighted by Gasteiger charge is 2.64. The average molecular weight is 685 g/mol. The Hall–Kier alpha value is -3.19. The molecule has 48 heavy (non-hydrogen) atoms. The molecule has 4 aliphatic rings. The standard InChI is InChI=1S/C36H43F3N4O4S/c37-36(38,39)35(15-16-35)28-9-5-25(6-10-28)23-41-19-20-43(33(24-41)34(44)42-17-13-29(40)14-18-42)48(45,46)32-12-8-26-21-31(11-7-27(26)22-32)47-30-3-1-2-4-30/h5-12,21-22,29-30,33H,1-4,13-20,23-24,40H2/t33-/m0/s1. The van der Waals surface area contributed by atoms with E-state index >= 15 is 0 Å². The second kappa shape index (κ2) is 12.9. The summed E-state index contributed by atoms with van der Waals surface area (Å²) in [6.45, 7) is 1.97. The third-order valence-electron chi connectivity index (χ3n) is 10.8. The van der Waals surface area contributed by atoms with Crippen LogP contribution in [0.4, 0.5) is 13.2 Å². The van der Waals surface area contributed by atoms with Crippen LogP contribution in [-0.2, 0) is 26.8 Å². The van der Waals surface area contributed by atoms with Crippen LogP contribution in [0.25, 0.3) is 10.8 Å². The van der Waals surface area contributed by atoms with Crippen molar-refractivity contribution in [1.82, 2.24) is 14.1 Å². The summed E-state index contributed by atoms with van der Waals surface area (Å²) < 4.78 is 77.0. The number of sulfonamides is 1. The summed E-state index contributed by atoms with van der Waals surface area (Å²) in [4.78, 5) is 17.9. The van der Waals surface area contributed by atoms with E-state index in [0.29, 0.717) is 39.0 Å². The SMILES string of the molecule is NC1CCN(C(=O)[C@@H]2CN(Cc3ccc(C4(C(F)(F)F)CC4)cc3)CCN2S(=O)(=O)c2ccc3cc(OC4CCCC4)ccc3c2)CC1. The van der Waals surface area contributed by atoms with E-state index in [0.717, 1.165) is 34.9 Å². The normalized spacial score (nSPS) is 23.1. The van der Waals surface area contributed by atoms with Gasteiger partial charge in [0.25, 0.3) is 0 Å². The Labute approximate surface area is 280 Å². The van der Waals surface area contributed by atoms with Crippen molar-refractivity contribution in [2.24, 2.45) is 5.73 Å². The van der Waals surface area contributed by atoms with E-state index in [2.05, 4.69) is 0 Å². The molecule has 2 heterocycles. The molecule has 2 saturated carbocycles. The lowest BCUT2D eigenvalue weighted by Gasteiger charge is -2.42. The van der Waals surface area contributed by atoms with Crippen LogP contribution < -0.4 is 10.5 Å². The number of halogens is 3. The highest BCUT2D eigenvalue weighted by atomic mass is 32.2. The Bertz CT molecular complexity index is 1750. The van der Waals surface area contributed by atoms with Crippen LogP contribution in [0.3, 0.4) is 0 Å². The molecule has 0 aromatic heterocycles. The van der Waals surface area contributed by atoms with Gasteiger partial charge in [-0.3, -0.25) is 9.69 Å². The largest absolute Gasteiger partial charge is 0.490 e. The molecule has 0 unspecified atom stereocenters. The van der Waals surface area contributed by atoms with E-state index in [1.54, 1.807) is 47.4 Å². The third-order valence-corrected chi connectivity index (χ3v) is 12.7. The number of hydrogen-bond donors (Lipinski definition) is 1. The molecule has 2 aliphatic carbocycles. The lowest BCUT2D eigenvalue weighted by atomic mass is 9.94. The molecule has 3 aromatic rings. The molecule has 258 valence electrons. The number of fused-ring (bicyclic) bond motifs is 1. The monoisotopic (exact) mass is 684 g/mol. The number of hydrogen-bond acceptors (Lipinski definition) is 6. The molecule has 2 saturated heterocycles. The number of alkyl halides is 3. The summed E-state index contributed by atoms with van der Waals surface area (Å²) in [7, 11) is -4.05. The van der Waals surface area contributed by atoms with E-state index in [1.807, 2.05) is 23.1 Å². The van der Waals surface area contributed by atoms with Crippen molar-refractivity contribution < 1.29 is 31.1 Å². The Balaban J connectivity index is 1.11. The van der Waals surface area contributed by atoms with Crippen molar-refractivity contribution in [3.8, 4) is 5.75 Å². The number of carbonyl (C=O) groups is 1. The topological polar surface area (TPSA) is 96.2 Å². The van der Waals surface area contributed by atoms with Gasteiger partial charge in [0.05, 0.1) is 16.4 Å². The minimum absolute atomic E-state index is 0.00788. The first-order chi connectivity index (χ1) is 22.9. The molecule has 2 aliphatic heterocycles. The van der Waals surface area contributed by atoms with Crippen LogP contribution in [0.2, 0.25) is 0 Å². The first-order valence-corrected chi connectivity index (χ1v) is 18.5. The van der Waals surface area contributed by atoms with Crippen LogP contribution in [0.15, 0.2) is 65.6 Å². The molecule has 0 radical (unpaired) electrons. The van der Waals surface area contributed by atoms with E-state index in [4.69, 9.17) is 10.5 Å². The maximum Gasteiger partial charge on any atom is 0.398 e. The van der Waals surface area contributed by atoms with Crippen LogP contribution >= 0.6 is 0 Å². The first kappa shape index (κ1) is 33.3. The number of carbonyl (C=O) groups excluding carboxylic acids is 1. The molecule has 0 spiro atoms. The second-order valence-corrected chi connectivity index (χ2v) is 15.9. The number of piperidine rings is 1. The lowest BCUT2D eigenvalue weighted by Crippen LogP contribution is -2.61. The molecular weight excluding hydrogens is 641 g/mol. The highest BCUT2D eigenvalue weighted by molar-refractivity contribution is 7.89. The fourth-order valence-electron chi connectivity index (χ4n) is 7.60. The number of piperazine rings is 1. The Morgan fingerprint density at radius 1 is 0.875 bits per heavy atom. The number of ether oxygens (including phenoxy) is 1. The number of benzene rings is 3. The maximum absolute atomic E-state index is 14.3. The highest BCUT2D eigenvalue weighted by Crippen LogP contribution is 2.58. The van der Waals surface area contributed by atoms with Gasteiger partial charge < -0.3 is 15.4 Å². The minimum atomic E-state index is -4.28. The fourth-order valence-corrected chi connectivity index (χ4v) is 9.20. The first-order valence-electron chi connectivity index (χ1n) is 17.1. The molecule has 0 bridgehead atoms. The summed E-state index contributed by atoms with van der Waals surface area (Å²) in [5, 5.41) is 1.64. The van der Waals surface area contributed by atoms with Gasteiger partial charge in [-0.1, -0.05) is 36.4 Å². The van der Waals surface area contributed by atoms with Crippen molar-refractivity contribution in [1.29, 1.82) is 0 Å². The van der Waals surface area contributed by atoms with Gasteiger partial charge in [0.2, 0.25) is 15.9 Å². The summed E-state index contributed by atoms with van der Waals surface area (Å²) >= 11 is 0. The van der Waals surface area contributed by atoms with Crippen molar-refractivity contribution >= 4 is 26.7 Å². The van der Waals surface area contributed by atoms with Crippen molar-refractivity contribution in [2.45, 2.75) is 92.6 Å². The Morgan fingerprint density at radius 3 is 2.21 bits per heavy atom. The van der Waals surface area contributed by atoms with Gasteiger partial charge in [-0.15, -0.1) is 0 Å². The van der Waals surface area contributed by atoms with Crippen LogP contribution in [-0.4, -0.2) is 85.5 Å². The molecule has 3 aromatic carbocycles. The smallest absolute Gasteiger partial charge is 0.398 e. The van der Waals surface area contributed by atoms with E-state index in [-0.39, 0.29) is 54.4 Å². The van der Waals surface area contributed by atoms with E-state index < -0.39 is 27.7 Å². The predicted molar refractivity (Wildman–Crippen MR) is 177 cm³/mol. The van der Waals surface area contributed by atoms with Gasteiger partial charge in [-0.25, -0.2) is 8.42 Å². The molecule has 12 heteroatoms. The number of likely N-dealkylation sites (tertiary alicyclic amines) is 1. The number of nitrogens with two attached hydrogens (primary N) is 1. The lowest BCUT2D eigenvalue weighted by molar-refractivity contribution is -0.160. The molecule has 8 nitrogen and oxygen atoms in total. The molecule has 2 N–H and O–H groups in total. The van der Waals surface area contributed by atoms with Gasteiger partial charge in [0, 0.05) is 45.3 Å². The second-order valence-electron chi connectivity index (χ2n) is 14.0. The van der Waals surface area contributed by atoms with Gasteiger partial charge in [0.15, 0.2) is 0 Å². The fraction of sp³-hybridized carbons (Fsp3) is 0.528. The Kier molecular flexibility index (Phi) is 8.97. The molecular formula is C36H43F3N4O4S. The number of amides is 1. The van der Waals surface area contributed by atoms with Crippen molar-refractivity contribution in [3.05, 3.63) is 71.8 Å². The van der Waals surface area contributed by atoms with E-state index in [9.17, 15) is 26.4 Å². The van der Waals surface area contributed by atoms with Crippen LogP contribution in [0.5, 0.6) is 5.75 Å². The number of rotatable bonds is 8. The predicted octanol–water partition coefficient (Wildman–Crippen LogP) is 5.58. The molecule has 1 amide bonds. The van der Waals surface area contributed by atoms with Crippen LogP contribution in [0.1, 0.15) is 62.5 Å². The summed E-state index contributed by atoms with van der Waals surface area (Å²) in [6, 6.07) is 16.3. The molecule has 4 fully saturated rings. The maximum atomic E-state index is 14.3. The van der Waals surface area contributed by atoms with Gasteiger partial charge in [-0.05, 0) is 97.5 Å². The van der Waals surface area contributed by atoms with Crippen molar-refractivity contribution in [2.75, 3.05) is 32.7 Å². The minimum Gasteiger partial charge on any atom is -0.490 e. The summed E-state index contributed by atoms with van der Waals surface area (Å²) in [5.41, 5.74) is 5.44. The molecule has 1 atom stereocenters. The third kappa shape index (κ3) is 6.56. The zero-order valence-corrected chi connectivity index (χ0v) is 27.8. The average Bonchev–Trinajstić information content (AvgIpc) is 3.75. The summed E-state index contributed by atoms with van der Waals surface area (Å²) in [5.74, 6) is 0.524. The van der Waals surface area contributed by atoms with Gasteiger partial charge >= 0.3 is 6.18 Å². The Morgan fingerprint density at radius 2 is 1.54 bits per heavy atom.